The second kappa shape index (κ2) is 7.94. The highest BCUT2D eigenvalue weighted by atomic mass is 79.9. The van der Waals surface area contributed by atoms with E-state index in [1.54, 1.807) is 6.20 Å². The van der Waals surface area contributed by atoms with Gasteiger partial charge in [-0.15, -0.1) is 0 Å². The van der Waals surface area contributed by atoms with Crippen molar-refractivity contribution in [2.24, 2.45) is 0 Å². The zero-order valence-corrected chi connectivity index (χ0v) is 14.5. The summed E-state index contributed by atoms with van der Waals surface area (Å²) in [6, 6.07) is 0. The highest BCUT2D eigenvalue weighted by Crippen LogP contribution is 2.31. The van der Waals surface area contributed by atoms with Gasteiger partial charge >= 0.3 is 0 Å². The summed E-state index contributed by atoms with van der Waals surface area (Å²) in [5.41, 5.74) is 0. The molecule has 0 spiro atoms. The maximum atomic E-state index is 4.48. The fraction of sp³-hybridized carbons (Fsp3) is 0.692. The SMILES string of the molecule is CCNc1ncc(Br)c(NCC(CC)(CC)SC)n1. The van der Waals surface area contributed by atoms with E-state index >= 15 is 0 Å². The smallest absolute Gasteiger partial charge is 0.224 e. The van der Waals surface area contributed by atoms with Crippen molar-refractivity contribution in [1.29, 1.82) is 0 Å². The number of halogens is 1. The zero-order chi connectivity index (χ0) is 14.3. The standard InChI is InChI=1S/C13H23BrN4S/c1-5-13(6-2,19-4)9-17-11-10(14)8-16-12(18-11)15-7-3/h8H,5-7,9H2,1-4H3,(H2,15,16,17,18). The molecular weight excluding hydrogens is 324 g/mol. The highest BCUT2D eigenvalue weighted by Gasteiger charge is 2.25. The van der Waals surface area contributed by atoms with Crippen molar-refractivity contribution in [3.63, 3.8) is 0 Å². The van der Waals surface area contributed by atoms with Gasteiger partial charge in [0.15, 0.2) is 0 Å². The summed E-state index contributed by atoms with van der Waals surface area (Å²) < 4.78 is 1.17. The number of aromatic nitrogens is 2. The van der Waals surface area contributed by atoms with Crippen molar-refractivity contribution in [1.82, 2.24) is 9.97 Å². The number of thioether (sulfide) groups is 1. The predicted molar refractivity (Wildman–Crippen MR) is 89.2 cm³/mol. The van der Waals surface area contributed by atoms with E-state index in [0.717, 1.165) is 36.2 Å². The molecule has 0 radical (unpaired) electrons. The van der Waals surface area contributed by atoms with Gasteiger partial charge in [-0.25, -0.2) is 4.98 Å². The maximum Gasteiger partial charge on any atom is 0.224 e. The minimum atomic E-state index is 0.267. The zero-order valence-electron chi connectivity index (χ0n) is 12.1. The van der Waals surface area contributed by atoms with Crippen LogP contribution < -0.4 is 10.6 Å². The van der Waals surface area contributed by atoms with Gasteiger partial charge in [-0.2, -0.15) is 16.7 Å². The molecule has 19 heavy (non-hydrogen) atoms. The van der Waals surface area contributed by atoms with Crippen molar-refractivity contribution >= 4 is 39.5 Å². The molecule has 0 saturated carbocycles. The van der Waals surface area contributed by atoms with Gasteiger partial charge < -0.3 is 10.6 Å². The number of nitrogens with zero attached hydrogens (tertiary/aromatic N) is 2. The van der Waals surface area contributed by atoms with Crippen molar-refractivity contribution in [3.8, 4) is 0 Å². The molecule has 1 aromatic rings. The molecule has 0 atom stereocenters. The molecule has 6 heteroatoms. The summed E-state index contributed by atoms with van der Waals surface area (Å²) in [7, 11) is 0. The molecule has 1 rings (SSSR count). The van der Waals surface area contributed by atoms with E-state index in [9.17, 15) is 0 Å². The maximum absolute atomic E-state index is 4.48. The average molecular weight is 347 g/mol. The molecule has 4 nitrogen and oxygen atoms in total. The molecule has 0 aromatic carbocycles. The van der Waals surface area contributed by atoms with Crippen LogP contribution in [0.5, 0.6) is 0 Å². The third-order valence-electron chi connectivity index (χ3n) is 3.38. The van der Waals surface area contributed by atoms with E-state index in [2.05, 4.69) is 56.6 Å². The average Bonchev–Trinajstić information content (AvgIpc) is 2.44. The monoisotopic (exact) mass is 346 g/mol. The Morgan fingerprint density at radius 2 is 1.95 bits per heavy atom. The number of hydrogen-bond donors (Lipinski definition) is 2. The number of rotatable bonds is 8. The van der Waals surface area contributed by atoms with Gasteiger partial charge in [0, 0.05) is 24.0 Å². The Balaban J connectivity index is 2.78. The normalized spacial score (nSPS) is 11.4. The molecule has 0 aliphatic carbocycles. The van der Waals surface area contributed by atoms with Crippen LogP contribution in [0.4, 0.5) is 11.8 Å². The van der Waals surface area contributed by atoms with Crippen LogP contribution in [0, 0.1) is 0 Å². The van der Waals surface area contributed by atoms with Crippen LogP contribution in [0.1, 0.15) is 33.6 Å². The molecule has 0 aliphatic rings. The Kier molecular flexibility index (Phi) is 6.93. The van der Waals surface area contributed by atoms with E-state index in [1.165, 1.54) is 0 Å². The van der Waals surface area contributed by atoms with E-state index in [-0.39, 0.29) is 4.75 Å². The van der Waals surface area contributed by atoms with E-state index in [0.29, 0.717) is 5.95 Å². The van der Waals surface area contributed by atoms with Crippen LogP contribution in [0.2, 0.25) is 0 Å². The van der Waals surface area contributed by atoms with Crippen molar-refractivity contribution in [3.05, 3.63) is 10.7 Å². The summed E-state index contributed by atoms with van der Waals surface area (Å²) in [6.07, 6.45) is 6.24. The topological polar surface area (TPSA) is 49.8 Å². The lowest BCUT2D eigenvalue weighted by molar-refractivity contribution is 0.574. The lowest BCUT2D eigenvalue weighted by atomic mass is 10.0. The summed E-state index contributed by atoms with van der Waals surface area (Å²) in [5, 5.41) is 6.57. The first-order valence-electron chi connectivity index (χ1n) is 6.66. The largest absolute Gasteiger partial charge is 0.368 e. The Labute approximate surface area is 128 Å². The third kappa shape index (κ3) is 4.53. The minimum absolute atomic E-state index is 0.267. The molecular formula is C13H23BrN4S. The van der Waals surface area contributed by atoms with Gasteiger partial charge in [-0.05, 0) is 42.0 Å². The molecule has 0 saturated heterocycles. The Hall–Kier alpha value is -0.490. The molecule has 0 unspecified atom stereocenters. The van der Waals surface area contributed by atoms with Crippen molar-refractivity contribution in [2.45, 2.75) is 38.4 Å². The van der Waals surface area contributed by atoms with Gasteiger partial charge in [-0.3, -0.25) is 0 Å². The fourth-order valence-corrected chi connectivity index (χ4v) is 2.97. The van der Waals surface area contributed by atoms with Crippen LogP contribution in [0.15, 0.2) is 10.7 Å². The van der Waals surface area contributed by atoms with E-state index in [4.69, 9.17) is 0 Å². The molecule has 0 bridgehead atoms. The second-order valence-electron chi connectivity index (χ2n) is 4.37. The molecule has 0 amide bonds. The van der Waals surface area contributed by atoms with Crippen LogP contribution in [-0.2, 0) is 0 Å². The fourth-order valence-electron chi connectivity index (χ4n) is 1.84. The predicted octanol–water partition coefficient (Wildman–Crippen LogP) is 4.00. The van der Waals surface area contributed by atoms with Crippen LogP contribution >= 0.6 is 27.7 Å². The highest BCUT2D eigenvalue weighted by molar-refractivity contribution is 9.10. The van der Waals surface area contributed by atoms with Gasteiger partial charge in [-0.1, -0.05) is 13.8 Å². The summed E-state index contributed by atoms with van der Waals surface area (Å²) in [4.78, 5) is 8.70. The first-order valence-corrected chi connectivity index (χ1v) is 8.68. The van der Waals surface area contributed by atoms with Gasteiger partial charge in [0.25, 0.3) is 0 Å². The van der Waals surface area contributed by atoms with Crippen molar-refractivity contribution in [2.75, 3.05) is 30.0 Å². The van der Waals surface area contributed by atoms with Gasteiger partial charge in [0.2, 0.25) is 5.95 Å². The Morgan fingerprint density at radius 3 is 2.47 bits per heavy atom. The quantitative estimate of drug-likeness (QED) is 0.744. The van der Waals surface area contributed by atoms with Crippen molar-refractivity contribution < 1.29 is 0 Å². The number of anilines is 2. The summed E-state index contributed by atoms with van der Waals surface area (Å²) in [5.74, 6) is 1.52. The molecule has 1 heterocycles. The Morgan fingerprint density at radius 1 is 1.26 bits per heavy atom. The first-order chi connectivity index (χ1) is 9.10. The van der Waals surface area contributed by atoms with E-state index in [1.807, 2.05) is 18.7 Å². The van der Waals surface area contributed by atoms with Gasteiger partial charge in [0.1, 0.15) is 5.82 Å². The molecule has 2 N–H and O–H groups in total. The summed E-state index contributed by atoms with van der Waals surface area (Å²) in [6.45, 7) is 8.23. The lowest BCUT2D eigenvalue weighted by Crippen LogP contribution is -2.32. The number of nitrogens with one attached hydrogen (secondary N) is 2. The first kappa shape index (κ1) is 16.6. The van der Waals surface area contributed by atoms with Crippen LogP contribution in [0.25, 0.3) is 0 Å². The summed E-state index contributed by atoms with van der Waals surface area (Å²) >= 11 is 5.41. The van der Waals surface area contributed by atoms with Gasteiger partial charge in [0.05, 0.1) is 4.47 Å². The molecule has 108 valence electrons. The third-order valence-corrected chi connectivity index (χ3v) is 5.55. The molecule has 1 aromatic heterocycles. The Bertz CT molecular complexity index is 388. The number of hydrogen-bond acceptors (Lipinski definition) is 5. The molecule has 0 fully saturated rings. The lowest BCUT2D eigenvalue weighted by Gasteiger charge is -2.30. The van der Waals surface area contributed by atoms with Crippen LogP contribution in [-0.4, -0.2) is 34.1 Å². The van der Waals surface area contributed by atoms with E-state index < -0.39 is 0 Å². The van der Waals surface area contributed by atoms with Crippen LogP contribution in [0.3, 0.4) is 0 Å². The molecule has 0 aliphatic heterocycles. The second-order valence-corrected chi connectivity index (χ2v) is 6.50. The minimum Gasteiger partial charge on any atom is -0.368 e.